The summed E-state index contributed by atoms with van der Waals surface area (Å²) in [6.45, 7) is 3.08. The lowest BCUT2D eigenvalue weighted by atomic mass is 10.1. The van der Waals surface area contributed by atoms with Crippen LogP contribution in [0.1, 0.15) is 41.3 Å². The number of para-hydroxylation sites is 1. The predicted octanol–water partition coefficient (Wildman–Crippen LogP) is 6.19. The molecule has 0 aliphatic carbocycles. The second kappa shape index (κ2) is 11.7. The summed E-state index contributed by atoms with van der Waals surface area (Å²) >= 11 is 0. The summed E-state index contributed by atoms with van der Waals surface area (Å²) < 4.78 is 7.32. The van der Waals surface area contributed by atoms with Crippen molar-refractivity contribution >= 4 is 34.5 Å². The molecule has 0 spiro atoms. The first kappa shape index (κ1) is 24.5. The third-order valence-electron chi connectivity index (χ3n) is 5.79. The summed E-state index contributed by atoms with van der Waals surface area (Å²) in [7, 11) is 0. The van der Waals surface area contributed by atoms with Crippen molar-refractivity contribution in [2.24, 2.45) is 0 Å². The summed E-state index contributed by atoms with van der Waals surface area (Å²) in [5.41, 5.74) is 3.85. The van der Waals surface area contributed by atoms with Gasteiger partial charge in [-0.25, -0.2) is 4.79 Å². The Hall–Kier alpha value is -4.63. The van der Waals surface area contributed by atoms with Crippen LogP contribution in [0, 0.1) is 11.3 Å². The van der Waals surface area contributed by atoms with Crippen LogP contribution in [-0.4, -0.2) is 23.1 Å². The zero-order valence-corrected chi connectivity index (χ0v) is 20.1. The number of nitriles is 1. The number of carbonyl (C=O) groups excluding carboxylic acids is 2. The number of nitrogens with one attached hydrogen (secondary N) is 1. The molecule has 4 aromatic rings. The van der Waals surface area contributed by atoms with Crippen molar-refractivity contribution in [3.8, 4) is 6.07 Å². The van der Waals surface area contributed by atoms with Gasteiger partial charge in [0.1, 0.15) is 11.6 Å². The highest BCUT2D eigenvalue weighted by atomic mass is 16.5. The molecule has 1 N–H and O–H groups in total. The molecule has 36 heavy (non-hydrogen) atoms. The fraction of sp³-hybridized carbons (Fsp3) is 0.167. The molecule has 1 heterocycles. The molecule has 4 rings (SSSR count). The van der Waals surface area contributed by atoms with Crippen LogP contribution in [0.15, 0.2) is 90.6 Å². The molecule has 0 aliphatic heterocycles. The molecule has 0 saturated heterocycles. The summed E-state index contributed by atoms with van der Waals surface area (Å²) in [4.78, 5) is 24.9. The highest BCUT2D eigenvalue weighted by Crippen LogP contribution is 2.25. The second-order valence-corrected chi connectivity index (χ2v) is 8.41. The summed E-state index contributed by atoms with van der Waals surface area (Å²) in [6, 6.07) is 26.5. The quantitative estimate of drug-likeness (QED) is 0.135. The Balaban J connectivity index is 1.52. The number of carbonyl (C=O) groups is 2. The second-order valence-electron chi connectivity index (χ2n) is 8.41. The topological polar surface area (TPSA) is 84.1 Å². The van der Waals surface area contributed by atoms with Crippen LogP contribution in [0.2, 0.25) is 0 Å². The van der Waals surface area contributed by atoms with Gasteiger partial charge in [0.05, 0.1) is 12.2 Å². The molecule has 0 aliphatic rings. The first-order valence-corrected chi connectivity index (χ1v) is 11.9. The van der Waals surface area contributed by atoms with Crippen molar-refractivity contribution in [2.75, 3.05) is 11.9 Å². The smallest absolute Gasteiger partial charge is 0.338 e. The zero-order valence-electron chi connectivity index (χ0n) is 20.1. The number of amides is 1. The first-order chi connectivity index (χ1) is 17.6. The number of aromatic nitrogens is 1. The molecule has 0 radical (unpaired) electrons. The van der Waals surface area contributed by atoms with E-state index in [0.717, 1.165) is 34.9 Å². The third-order valence-corrected chi connectivity index (χ3v) is 5.79. The van der Waals surface area contributed by atoms with Crippen LogP contribution < -0.4 is 5.32 Å². The number of unbranched alkanes of at least 4 members (excludes halogenated alkanes) is 1. The zero-order chi connectivity index (χ0) is 25.3. The number of fused-ring (bicyclic) bond motifs is 1. The fourth-order valence-corrected chi connectivity index (χ4v) is 3.89. The van der Waals surface area contributed by atoms with Gasteiger partial charge in [0.25, 0.3) is 5.91 Å². The molecule has 1 aromatic heterocycles. The van der Waals surface area contributed by atoms with Crippen LogP contribution in [-0.2, 0) is 16.1 Å². The normalized spacial score (nSPS) is 11.2. The molecule has 1 amide bonds. The molecular weight excluding hydrogens is 450 g/mol. The van der Waals surface area contributed by atoms with E-state index in [1.165, 1.54) is 0 Å². The van der Waals surface area contributed by atoms with Crippen molar-refractivity contribution in [2.45, 2.75) is 26.3 Å². The maximum atomic E-state index is 12.9. The molecule has 180 valence electrons. The van der Waals surface area contributed by atoms with Gasteiger partial charge < -0.3 is 14.6 Å². The van der Waals surface area contributed by atoms with Crippen molar-refractivity contribution in [1.82, 2.24) is 4.57 Å². The van der Waals surface area contributed by atoms with E-state index in [2.05, 4.69) is 22.0 Å². The van der Waals surface area contributed by atoms with E-state index in [1.54, 1.807) is 30.3 Å². The molecule has 0 atom stereocenters. The summed E-state index contributed by atoms with van der Waals surface area (Å²) in [6.07, 6.45) is 5.33. The largest absolute Gasteiger partial charge is 0.462 e. The molecular formula is C30H27N3O3. The average molecular weight is 478 g/mol. The predicted molar refractivity (Wildman–Crippen MR) is 141 cm³/mol. The molecule has 0 fully saturated rings. The van der Waals surface area contributed by atoms with E-state index in [9.17, 15) is 14.9 Å². The van der Waals surface area contributed by atoms with E-state index < -0.39 is 11.9 Å². The Bertz CT molecular complexity index is 1430. The van der Waals surface area contributed by atoms with E-state index in [0.29, 0.717) is 24.4 Å². The minimum atomic E-state index is -0.518. The lowest BCUT2D eigenvalue weighted by molar-refractivity contribution is -0.112. The lowest BCUT2D eigenvalue weighted by Gasteiger charge is -2.07. The highest BCUT2D eigenvalue weighted by molar-refractivity contribution is 6.11. The first-order valence-electron chi connectivity index (χ1n) is 11.9. The SMILES string of the molecule is CCCCOC(=O)c1ccc(NC(=O)/C(C#N)=C\c2cn(Cc3ccccc3)c3ccccc23)cc1. The van der Waals surface area contributed by atoms with Crippen molar-refractivity contribution < 1.29 is 14.3 Å². The molecule has 0 unspecified atom stereocenters. The van der Waals surface area contributed by atoms with Gasteiger partial charge in [-0.05, 0) is 48.4 Å². The lowest BCUT2D eigenvalue weighted by Crippen LogP contribution is -2.13. The van der Waals surface area contributed by atoms with E-state index in [-0.39, 0.29) is 5.57 Å². The Labute approximate surface area is 210 Å². The Morgan fingerprint density at radius 1 is 1.00 bits per heavy atom. The molecule has 6 nitrogen and oxygen atoms in total. The van der Waals surface area contributed by atoms with Crippen molar-refractivity contribution in [1.29, 1.82) is 5.26 Å². The van der Waals surface area contributed by atoms with Gasteiger partial charge >= 0.3 is 5.97 Å². The number of hydrogen-bond acceptors (Lipinski definition) is 4. The van der Waals surface area contributed by atoms with Gasteiger partial charge in [-0.15, -0.1) is 0 Å². The minimum Gasteiger partial charge on any atom is -0.462 e. The Kier molecular flexibility index (Phi) is 7.94. The van der Waals surface area contributed by atoms with E-state index in [4.69, 9.17) is 4.74 Å². The average Bonchev–Trinajstić information content (AvgIpc) is 3.25. The number of rotatable bonds is 9. The van der Waals surface area contributed by atoms with Gasteiger partial charge in [-0.1, -0.05) is 61.9 Å². The standard InChI is InChI=1S/C30H27N3O3/c1-2-3-17-36-30(35)23-13-15-26(16-14-23)32-29(34)24(19-31)18-25-21-33(20-22-9-5-4-6-10-22)28-12-8-7-11-27(25)28/h4-16,18,21H,2-3,17,20H2,1H3,(H,32,34)/b24-18-. The maximum absolute atomic E-state index is 12.9. The molecule has 6 heteroatoms. The fourth-order valence-electron chi connectivity index (χ4n) is 3.89. The monoisotopic (exact) mass is 477 g/mol. The number of hydrogen-bond donors (Lipinski definition) is 1. The summed E-state index contributed by atoms with van der Waals surface area (Å²) in [5, 5.41) is 13.4. The van der Waals surface area contributed by atoms with Crippen LogP contribution in [0.5, 0.6) is 0 Å². The van der Waals surface area contributed by atoms with Crippen molar-refractivity contribution in [3.63, 3.8) is 0 Å². The number of ether oxygens (including phenoxy) is 1. The van der Waals surface area contributed by atoms with E-state index >= 15 is 0 Å². The Morgan fingerprint density at radius 3 is 2.44 bits per heavy atom. The maximum Gasteiger partial charge on any atom is 0.338 e. The van der Waals surface area contributed by atoms with Crippen LogP contribution in [0.3, 0.4) is 0 Å². The molecule has 0 bridgehead atoms. The number of esters is 1. The van der Waals surface area contributed by atoms with Gasteiger partial charge in [0.2, 0.25) is 0 Å². The van der Waals surface area contributed by atoms with Gasteiger partial charge in [0, 0.05) is 34.9 Å². The third kappa shape index (κ3) is 5.89. The minimum absolute atomic E-state index is 0.0133. The number of benzene rings is 3. The van der Waals surface area contributed by atoms with Gasteiger partial charge in [-0.3, -0.25) is 4.79 Å². The molecule has 0 saturated carbocycles. The van der Waals surface area contributed by atoms with Gasteiger partial charge in [-0.2, -0.15) is 5.26 Å². The molecule has 3 aromatic carbocycles. The summed E-state index contributed by atoms with van der Waals surface area (Å²) in [5.74, 6) is -0.915. The van der Waals surface area contributed by atoms with Gasteiger partial charge in [0.15, 0.2) is 0 Å². The van der Waals surface area contributed by atoms with Crippen LogP contribution in [0.25, 0.3) is 17.0 Å². The van der Waals surface area contributed by atoms with Crippen LogP contribution in [0.4, 0.5) is 5.69 Å². The highest BCUT2D eigenvalue weighted by Gasteiger charge is 2.14. The van der Waals surface area contributed by atoms with Crippen molar-refractivity contribution in [3.05, 3.63) is 107 Å². The number of nitrogens with zero attached hydrogens (tertiary/aromatic N) is 2. The van der Waals surface area contributed by atoms with Crippen LogP contribution >= 0.6 is 0 Å². The Morgan fingerprint density at radius 2 is 1.72 bits per heavy atom. The van der Waals surface area contributed by atoms with E-state index in [1.807, 2.05) is 61.7 Å². The number of anilines is 1.